The van der Waals surface area contributed by atoms with Gasteiger partial charge < -0.3 is 5.32 Å². The number of pyridine rings is 1. The third-order valence-electron chi connectivity index (χ3n) is 1.75. The Kier molecular flexibility index (Phi) is 3.94. The SMILES string of the molecule is CS(=O)(=O)CCNC(=O)c1ccc(F)nc1. The van der Waals surface area contributed by atoms with Gasteiger partial charge in [-0.15, -0.1) is 0 Å². The second-order valence-corrected chi connectivity index (χ2v) is 5.52. The normalized spacial score (nSPS) is 11.1. The molecule has 0 unspecified atom stereocenters. The lowest BCUT2D eigenvalue weighted by Crippen LogP contribution is -2.28. The molecule has 7 heteroatoms. The molecule has 0 saturated carbocycles. The van der Waals surface area contributed by atoms with Gasteiger partial charge in [-0.3, -0.25) is 4.79 Å². The molecule has 5 nitrogen and oxygen atoms in total. The van der Waals surface area contributed by atoms with Crippen molar-refractivity contribution < 1.29 is 17.6 Å². The van der Waals surface area contributed by atoms with Crippen LogP contribution in [0.2, 0.25) is 0 Å². The van der Waals surface area contributed by atoms with Crippen molar-refractivity contribution in [3.63, 3.8) is 0 Å². The summed E-state index contributed by atoms with van der Waals surface area (Å²) in [5.74, 6) is -1.28. The van der Waals surface area contributed by atoms with Gasteiger partial charge in [0.05, 0.1) is 11.3 Å². The van der Waals surface area contributed by atoms with Crippen LogP contribution in [-0.2, 0) is 9.84 Å². The Bertz CT molecular complexity index is 470. The van der Waals surface area contributed by atoms with Gasteiger partial charge in [0.25, 0.3) is 5.91 Å². The molecule has 0 aliphatic rings. The van der Waals surface area contributed by atoms with Crippen LogP contribution in [0, 0.1) is 5.95 Å². The van der Waals surface area contributed by atoms with Crippen LogP contribution in [-0.4, -0.2) is 37.9 Å². The van der Waals surface area contributed by atoms with Gasteiger partial charge in [-0.05, 0) is 12.1 Å². The molecular weight excluding hydrogens is 235 g/mol. The molecule has 0 aliphatic carbocycles. The molecule has 1 amide bonds. The van der Waals surface area contributed by atoms with Gasteiger partial charge in [-0.2, -0.15) is 4.39 Å². The number of nitrogens with zero attached hydrogens (tertiary/aromatic N) is 1. The summed E-state index contributed by atoms with van der Waals surface area (Å²) >= 11 is 0. The van der Waals surface area contributed by atoms with Crippen LogP contribution in [0.5, 0.6) is 0 Å². The Morgan fingerprint density at radius 3 is 2.69 bits per heavy atom. The van der Waals surface area contributed by atoms with Gasteiger partial charge in [-0.25, -0.2) is 13.4 Å². The van der Waals surface area contributed by atoms with E-state index in [0.29, 0.717) is 0 Å². The molecule has 1 aromatic heterocycles. The fourth-order valence-electron chi connectivity index (χ4n) is 0.962. The smallest absolute Gasteiger partial charge is 0.252 e. The maximum absolute atomic E-state index is 12.4. The number of halogens is 1. The van der Waals surface area contributed by atoms with Gasteiger partial charge in [0, 0.05) is 19.0 Å². The highest BCUT2D eigenvalue weighted by Crippen LogP contribution is 1.98. The number of aromatic nitrogens is 1. The van der Waals surface area contributed by atoms with Crippen molar-refractivity contribution in [1.29, 1.82) is 0 Å². The first kappa shape index (κ1) is 12.6. The number of amides is 1. The monoisotopic (exact) mass is 246 g/mol. The van der Waals surface area contributed by atoms with E-state index in [2.05, 4.69) is 10.3 Å². The van der Waals surface area contributed by atoms with Gasteiger partial charge >= 0.3 is 0 Å². The summed E-state index contributed by atoms with van der Waals surface area (Å²) in [4.78, 5) is 14.7. The number of hydrogen-bond donors (Lipinski definition) is 1. The third kappa shape index (κ3) is 4.35. The molecule has 0 radical (unpaired) electrons. The lowest BCUT2D eigenvalue weighted by Gasteiger charge is -2.03. The summed E-state index contributed by atoms with van der Waals surface area (Å²) in [6, 6.07) is 2.34. The average molecular weight is 246 g/mol. The van der Waals surface area contributed by atoms with Crippen LogP contribution in [0.15, 0.2) is 18.3 Å². The van der Waals surface area contributed by atoms with Crippen molar-refractivity contribution in [2.45, 2.75) is 0 Å². The van der Waals surface area contributed by atoms with E-state index in [9.17, 15) is 17.6 Å². The van der Waals surface area contributed by atoms with E-state index in [-0.39, 0.29) is 17.9 Å². The van der Waals surface area contributed by atoms with Gasteiger partial charge in [0.2, 0.25) is 5.95 Å². The molecule has 0 aliphatic heterocycles. The molecule has 0 fully saturated rings. The lowest BCUT2D eigenvalue weighted by molar-refractivity contribution is 0.0955. The van der Waals surface area contributed by atoms with Gasteiger partial charge in [0.15, 0.2) is 0 Å². The van der Waals surface area contributed by atoms with E-state index in [4.69, 9.17) is 0 Å². The quantitative estimate of drug-likeness (QED) is 0.758. The molecule has 0 aromatic carbocycles. The summed E-state index contributed by atoms with van der Waals surface area (Å²) in [6.07, 6.45) is 2.17. The van der Waals surface area contributed by atoms with E-state index in [1.807, 2.05) is 0 Å². The first-order valence-electron chi connectivity index (χ1n) is 4.46. The molecule has 88 valence electrons. The molecule has 1 rings (SSSR count). The van der Waals surface area contributed by atoms with Crippen molar-refractivity contribution in [2.24, 2.45) is 0 Å². The van der Waals surface area contributed by atoms with Crippen LogP contribution >= 0.6 is 0 Å². The highest BCUT2D eigenvalue weighted by molar-refractivity contribution is 7.90. The Morgan fingerprint density at radius 2 is 2.19 bits per heavy atom. The first-order valence-corrected chi connectivity index (χ1v) is 6.52. The standard InChI is InChI=1S/C9H11FN2O3S/c1-16(14,15)5-4-11-9(13)7-2-3-8(10)12-6-7/h2-3,6H,4-5H2,1H3,(H,11,13). The fraction of sp³-hybridized carbons (Fsp3) is 0.333. The van der Waals surface area contributed by atoms with Gasteiger partial charge in [-0.1, -0.05) is 0 Å². The van der Waals surface area contributed by atoms with E-state index in [0.717, 1.165) is 18.5 Å². The molecule has 0 spiro atoms. The summed E-state index contributed by atoms with van der Waals surface area (Å²) in [5.41, 5.74) is 0.190. The highest BCUT2D eigenvalue weighted by Gasteiger charge is 2.07. The molecule has 0 bridgehead atoms. The maximum atomic E-state index is 12.4. The molecule has 0 atom stereocenters. The van der Waals surface area contributed by atoms with Crippen LogP contribution < -0.4 is 5.32 Å². The number of hydrogen-bond acceptors (Lipinski definition) is 4. The Hall–Kier alpha value is -1.50. The van der Waals surface area contributed by atoms with Crippen molar-refractivity contribution >= 4 is 15.7 Å². The van der Waals surface area contributed by atoms with Crippen LogP contribution in [0.25, 0.3) is 0 Å². The maximum Gasteiger partial charge on any atom is 0.252 e. The number of sulfone groups is 1. The largest absolute Gasteiger partial charge is 0.351 e. The van der Waals surface area contributed by atoms with Crippen molar-refractivity contribution in [1.82, 2.24) is 10.3 Å². The van der Waals surface area contributed by atoms with Crippen LogP contribution in [0.1, 0.15) is 10.4 Å². The summed E-state index contributed by atoms with van der Waals surface area (Å²) < 4.78 is 34.0. The topological polar surface area (TPSA) is 76.1 Å². The molecule has 1 aromatic rings. The fourth-order valence-corrected chi connectivity index (χ4v) is 1.44. The number of carbonyl (C=O) groups is 1. The average Bonchev–Trinajstić information content (AvgIpc) is 2.16. The lowest BCUT2D eigenvalue weighted by atomic mass is 10.3. The van der Waals surface area contributed by atoms with Crippen molar-refractivity contribution in [3.05, 3.63) is 29.8 Å². The number of rotatable bonds is 4. The molecule has 1 N–H and O–H groups in total. The second-order valence-electron chi connectivity index (χ2n) is 3.26. The van der Waals surface area contributed by atoms with E-state index in [1.165, 1.54) is 6.07 Å². The number of nitrogens with one attached hydrogen (secondary N) is 1. The zero-order valence-electron chi connectivity index (χ0n) is 8.60. The highest BCUT2D eigenvalue weighted by atomic mass is 32.2. The van der Waals surface area contributed by atoms with E-state index in [1.54, 1.807) is 0 Å². The predicted molar refractivity (Wildman–Crippen MR) is 56.2 cm³/mol. The first-order chi connectivity index (χ1) is 7.38. The Morgan fingerprint density at radius 1 is 1.50 bits per heavy atom. The van der Waals surface area contributed by atoms with Crippen LogP contribution in [0.3, 0.4) is 0 Å². The van der Waals surface area contributed by atoms with Crippen molar-refractivity contribution in [2.75, 3.05) is 18.6 Å². The Balaban J connectivity index is 2.50. The summed E-state index contributed by atoms with van der Waals surface area (Å²) in [5, 5.41) is 2.39. The zero-order chi connectivity index (χ0) is 12.2. The van der Waals surface area contributed by atoms with E-state index < -0.39 is 21.7 Å². The predicted octanol–water partition coefficient (Wildman–Crippen LogP) is -0.00490. The van der Waals surface area contributed by atoms with Crippen LogP contribution in [0.4, 0.5) is 4.39 Å². The zero-order valence-corrected chi connectivity index (χ0v) is 9.42. The molecule has 16 heavy (non-hydrogen) atoms. The number of carbonyl (C=O) groups excluding carboxylic acids is 1. The minimum absolute atomic E-state index is 0.0229. The third-order valence-corrected chi connectivity index (χ3v) is 2.69. The molecule has 0 saturated heterocycles. The van der Waals surface area contributed by atoms with Gasteiger partial charge in [0.1, 0.15) is 9.84 Å². The molecular formula is C9H11FN2O3S. The minimum atomic E-state index is -3.10. The summed E-state index contributed by atoms with van der Waals surface area (Å²) in [7, 11) is -3.10. The summed E-state index contributed by atoms with van der Waals surface area (Å²) in [6.45, 7) is 0.0229. The Labute approximate surface area is 92.6 Å². The second kappa shape index (κ2) is 5.02. The van der Waals surface area contributed by atoms with E-state index >= 15 is 0 Å². The van der Waals surface area contributed by atoms with Crippen molar-refractivity contribution in [3.8, 4) is 0 Å². The molecule has 1 heterocycles. The minimum Gasteiger partial charge on any atom is -0.351 e.